The minimum Gasteiger partial charge on any atom is -0.383 e. The molecule has 2 aromatic rings. The predicted molar refractivity (Wildman–Crippen MR) is 83.6 cm³/mol. The second kappa shape index (κ2) is 7.71. The summed E-state index contributed by atoms with van der Waals surface area (Å²) >= 11 is 1.58. The van der Waals surface area contributed by atoms with Gasteiger partial charge in [-0.3, -0.25) is 14.3 Å². The van der Waals surface area contributed by atoms with Crippen LogP contribution in [0.5, 0.6) is 0 Å². The molecular formula is C14H18N4O3S. The Kier molecular flexibility index (Phi) is 5.68. The highest BCUT2D eigenvalue weighted by Crippen LogP contribution is 2.14. The van der Waals surface area contributed by atoms with Gasteiger partial charge in [-0.05, 0) is 19.1 Å². The van der Waals surface area contributed by atoms with Crippen molar-refractivity contribution in [1.29, 1.82) is 0 Å². The Balaban J connectivity index is 1.80. The molecule has 0 aliphatic rings. The maximum atomic E-state index is 11.8. The van der Waals surface area contributed by atoms with Crippen molar-refractivity contribution in [2.24, 2.45) is 0 Å². The molecule has 2 amide bonds. The van der Waals surface area contributed by atoms with Gasteiger partial charge in [0.05, 0.1) is 31.6 Å². The lowest BCUT2D eigenvalue weighted by molar-refractivity contribution is -0.136. The molecule has 2 heterocycles. The molecule has 22 heavy (non-hydrogen) atoms. The van der Waals surface area contributed by atoms with E-state index in [0.29, 0.717) is 25.4 Å². The maximum Gasteiger partial charge on any atom is 0.313 e. The third kappa shape index (κ3) is 4.68. The molecule has 0 unspecified atom stereocenters. The Morgan fingerprint density at radius 2 is 2.18 bits per heavy atom. The zero-order valence-electron chi connectivity index (χ0n) is 12.5. The van der Waals surface area contributed by atoms with Gasteiger partial charge in [-0.25, -0.2) is 0 Å². The molecule has 118 valence electrons. The van der Waals surface area contributed by atoms with Crippen LogP contribution in [-0.2, 0) is 27.4 Å². The Morgan fingerprint density at radius 1 is 1.36 bits per heavy atom. The summed E-state index contributed by atoms with van der Waals surface area (Å²) < 4.78 is 6.57. The van der Waals surface area contributed by atoms with E-state index in [-0.39, 0.29) is 0 Å². The minimum atomic E-state index is -0.709. The molecule has 0 atom stereocenters. The zero-order chi connectivity index (χ0) is 15.9. The van der Waals surface area contributed by atoms with E-state index in [0.717, 1.165) is 9.75 Å². The van der Waals surface area contributed by atoms with Gasteiger partial charge in [0, 0.05) is 23.1 Å². The van der Waals surface area contributed by atoms with Crippen LogP contribution < -0.4 is 10.6 Å². The molecule has 0 spiro atoms. The first-order valence-corrected chi connectivity index (χ1v) is 7.56. The number of nitrogens with one attached hydrogen (secondary N) is 2. The van der Waals surface area contributed by atoms with Gasteiger partial charge in [-0.1, -0.05) is 0 Å². The van der Waals surface area contributed by atoms with Crippen LogP contribution in [0.4, 0.5) is 5.69 Å². The molecule has 2 aromatic heterocycles. The van der Waals surface area contributed by atoms with Crippen LogP contribution in [0.15, 0.2) is 24.5 Å². The van der Waals surface area contributed by atoms with E-state index in [2.05, 4.69) is 15.7 Å². The highest BCUT2D eigenvalue weighted by atomic mass is 32.1. The Hall–Kier alpha value is -2.19. The lowest BCUT2D eigenvalue weighted by atomic mass is 10.4. The van der Waals surface area contributed by atoms with Crippen LogP contribution in [0.25, 0.3) is 0 Å². The van der Waals surface area contributed by atoms with Crippen LogP contribution >= 0.6 is 11.3 Å². The molecule has 0 aromatic carbocycles. The average Bonchev–Trinajstić information content (AvgIpc) is 3.11. The highest BCUT2D eigenvalue weighted by molar-refractivity contribution is 7.11. The third-order valence-corrected chi connectivity index (χ3v) is 3.84. The van der Waals surface area contributed by atoms with Gasteiger partial charge in [0.2, 0.25) is 0 Å². The quantitative estimate of drug-likeness (QED) is 0.782. The van der Waals surface area contributed by atoms with Crippen LogP contribution in [0.1, 0.15) is 9.75 Å². The number of aryl methyl sites for hydroxylation is 1. The van der Waals surface area contributed by atoms with Crippen molar-refractivity contribution < 1.29 is 14.3 Å². The number of aromatic nitrogens is 2. The van der Waals surface area contributed by atoms with Crippen molar-refractivity contribution in [1.82, 2.24) is 15.1 Å². The Morgan fingerprint density at radius 3 is 2.86 bits per heavy atom. The van der Waals surface area contributed by atoms with Gasteiger partial charge in [0.25, 0.3) is 0 Å². The maximum absolute atomic E-state index is 11.8. The summed E-state index contributed by atoms with van der Waals surface area (Å²) in [6.07, 6.45) is 3.14. The monoisotopic (exact) mass is 322 g/mol. The van der Waals surface area contributed by atoms with Gasteiger partial charge >= 0.3 is 11.8 Å². The number of hydrogen-bond acceptors (Lipinski definition) is 5. The highest BCUT2D eigenvalue weighted by Gasteiger charge is 2.14. The van der Waals surface area contributed by atoms with Crippen LogP contribution in [0, 0.1) is 6.92 Å². The average molecular weight is 322 g/mol. The van der Waals surface area contributed by atoms with E-state index < -0.39 is 11.8 Å². The van der Waals surface area contributed by atoms with Gasteiger partial charge < -0.3 is 15.4 Å². The molecule has 0 radical (unpaired) electrons. The van der Waals surface area contributed by atoms with Crippen molar-refractivity contribution in [3.05, 3.63) is 34.3 Å². The number of nitrogens with zero attached hydrogens (tertiary/aromatic N) is 2. The predicted octanol–water partition coefficient (Wildman–Crippen LogP) is 1.15. The topological polar surface area (TPSA) is 85.2 Å². The number of carbonyl (C=O) groups excluding carboxylic acids is 2. The van der Waals surface area contributed by atoms with Crippen molar-refractivity contribution in [2.75, 3.05) is 19.0 Å². The summed E-state index contributed by atoms with van der Waals surface area (Å²) in [6, 6.07) is 3.90. The van der Waals surface area contributed by atoms with E-state index in [1.807, 2.05) is 19.1 Å². The fraction of sp³-hybridized carbons (Fsp3) is 0.357. The second-order valence-corrected chi connectivity index (χ2v) is 6.01. The number of amides is 2. The molecule has 8 heteroatoms. The van der Waals surface area contributed by atoms with E-state index in [9.17, 15) is 9.59 Å². The third-order valence-electron chi connectivity index (χ3n) is 2.84. The number of rotatable bonds is 6. The van der Waals surface area contributed by atoms with E-state index >= 15 is 0 Å². The lowest BCUT2D eigenvalue weighted by Crippen LogP contribution is -2.34. The summed E-state index contributed by atoms with van der Waals surface area (Å²) in [7, 11) is 1.60. The van der Waals surface area contributed by atoms with Crippen LogP contribution in [-0.4, -0.2) is 35.3 Å². The first-order chi connectivity index (χ1) is 10.6. The van der Waals surface area contributed by atoms with Gasteiger partial charge in [0.15, 0.2) is 0 Å². The smallest absolute Gasteiger partial charge is 0.313 e. The minimum absolute atomic E-state index is 0.345. The number of thiophene rings is 1. The molecular weight excluding hydrogens is 304 g/mol. The molecule has 0 aliphatic carbocycles. The number of ether oxygens (including phenoxy) is 1. The molecule has 0 aliphatic heterocycles. The summed E-state index contributed by atoms with van der Waals surface area (Å²) in [4.78, 5) is 25.7. The number of hydrogen-bond donors (Lipinski definition) is 2. The standard InChI is InChI=1S/C14H18N4O3S/c1-10-3-4-12(22-10)8-15-13(19)14(20)17-11-7-16-18(9-11)5-6-21-2/h3-4,7,9H,5-6,8H2,1-2H3,(H,15,19)(H,17,20). The largest absolute Gasteiger partial charge is 0.383 e. The molecule has 7 nitrogen and oxygen atoms in total. The first-order valence-electron chi connectivity index (χ1n) is 6.74. The molecule has 0 fully saturated rings. The lowest BCUT2D eigenvalue weighted by Gasteiger charge is -2.03. The van der Waals surface area contributed by atoms with Crippen LogP contribution in [0.3, 0.4) is 0 Å². The SMILES string of the molecule is COCCn1cc(NC(=O)C(=O)NCc2ccc(C)s2)cn1. The number of anilines is 1. The number of carbonyl (C=O) groups is 2. The van der Waals surface area contributed by atoms with Crippen molar-refractivity contribution >= 4 is 28.8 Å². The van der Waals surface area contributed by atoms with Crippen molar-refractivity contribution in [3.63, 3.8) is 0 Å². The summed E-state index contributed by atoms with van der Waals surface area (Å²) in [5.74, 6) is -1.38. The van der Waals surface area contributed by atoms with Gasteiger partial charge in [0.1, 0.15) is 0 Å². The normalized spacial score (nSPS) is 10.5. The van der Waals surface area contributed by atoms with Gasteiger partial charge in [-0.15, -0.1) is 11.3 Å². The summed E-state index contributed by atoms with van der Waals surface area (Å²) in [5.41, 5.74) is 0.475. The van der Waals surface area contributed by atoms with Gasteiger partial charge in [-0.2, -0.15) is 5.10 Å². The fourth-order valence-corrected chi connectivity index (χ4v) is 2.58. The Bertz CT molecular complexity index is 650. The molecule has 2 N–H and O–H groups in total. The zero-order valence-corrected chi connectivity index (χ0v) is 13.3. The van der Waals surface area contributed by atoms with Crippen molar-refractivity contribution in [3.8, 4) is 0 Å². The number of methoxy groups -OCH3 is 1. The molecule has 0 bridgehead atoms. The Labute approximate surface area is 132 Å². The summed E-state index contributed by atoms with van der Waals surface area (Å²) in [6.45, 7) is 3.44. The molecule has 0 saturated heterocycles. The first kappa shape index (κ1) is 16.2. The molecule has 0 saturated carbocycles. The summed E-state index contributed by atoms with van der Waals surface area (Å²) in [5, 5.41) is 9.15. The van der Waals surface area contributed by atoms with Crippen molar-refractivity contribution in [2.45, 2.75) is 20.0 Å². The van der Waals surface area contributed by atoms with E-state index in [1.54, 1.807) is 29.3 Å². The second-order valence-electron chi connectivity index (χ2n) is 4.63. The van der Waals surface area contributed by atoms with Crippen LogP contribution in [0.2, 0.25) is 0 Å². The fourth-order valence-electron chi connectivity index (χ4n) is 1.75. The van der Waals surface area contributed by atoms with E-state index in [4.69, 9.17) is 4.74 Å². The van der Waals surface area contributed by atoms with E-state index in [1.165, 1.54) is 6.20 Å². The molecule has 2 rings (SSSR count).